The molecule has 1 aliphatic rings. The van der Waals surface area contributed by atoms with Crippen LogP contribution in [0.1, 0.15) is 94.5 Å². The second-order valence-corrected chi connectivity index (χ2v) is 12.2. The van der Waals surface area contributed by atoms with Crippen molar-refractivity contribution in [1.82, 2.24) is 4.90 Å². The molecule has 1 aliphatic heterocycles. The average Bonchev–Trinajstić information content (AvgIpc) is 3.27. The third-order valence-electron chi connectivity index (χ3n) is 9.29. The average molecular weight is 676 g/mol. The van der Waals surface area contributed by atoms with Gasteiger partial charge in [0.25, 0.3) is 17.4 Å². The first-order valence-electron chi connectivity index (χ1n) is 15.9. The SMILES string of the molecule is CCC(CC)(c1ccc(/C=C/C(O)(C(F)(F)F)C(F)(F)F)c(C)c1)c1ccc(OCCCCCN2C(=O)c3ccccc3C2=O)c(C)c1. The number of imide groups is 1. The van der Waals surface area contributed by atoms with Crippen molar-refractivity contribution in [3.63, 3.8) is 0 Å². The number of benzene rings is 3. The molecule has 1 heterocycles. The summed E-state index contributed by atoms with van der Waals surface area (Å²) in [6, 6.07) is 17.6. The van der Waals surface area contributed by atoms with Crippen molar-refractivity contribution in [3.05, 3.63) is 106 Å². The highest BCUT2D eigenvalue weighted by Gasteiger charge is 2.69. The summed E-state index contributed by atoms with van der Waals surface area (Å²) in [5.41, 5.74) is -1.25. The minimum atomic E-state index is -5.94. The summed E-state index contributed by atoms with van der Waals surface area (Å²) in [4.78, 5) is 26.4. The zero-order chi connectivity index (χ0) is 35.5. The summed E-state index contributed by atoms with van der Waals surface area (Å²) < 4.78 is 84.9. The van der Waals surface area contributed by atoms with Crippen LogP contribution in [-0.2, 0) is 5.41 Å². The zero-order valence-electron chi connectivity index (χ0n) is 27.3. The Morgan fingerprint density at radius 2 is 1.29 bits per heavy atom. The Labute approximate surface area is 276 Å². The topological polar surface area (TPSA) is 66.8 Å². The summed E-state index contributed by atoms with van der Waals surface area (Å²) in [6.45, 7) is 8.35. The number of amides is 2. The van der Waals surface area contributed by atoms with Crippen molar-refractivity contribution in [2.24, 2.45) is 0 Å². The molecule has 5 nitrogen and oxygen atoms in total. The van der Waals surface area contributed by atoms with Gasteiger partial charge >= 0.3 is 12.4 Å². The fourth-order valence-electron chi connectivity index (χ4n) is 6.24. The number of aryl methyl sites for hydroxylation is 2. The molecule has 0 fully saturated rings. The lowest BCUT2D eigenvalue weighted by molar-refractivity contribution is -0.347. The molecule has 4 rings (SSSR count). The molecule has 3 aromatic rings. The summed E-state index contributed by atoms with van der Waals surface area (Å²) in [7, 11) is 0. The van der Waals surface area contributed by atoms with Gasteiger partial charge in [-0.2, -0.15) is 26.3 Å². The van der Waals surface area contributed by atoms with Crippen LogP contribution in [0.4, 0.5) is 26.3 Å². The molecule has 258 valence electrons. The standard InChI is InChI=1S/C37H39F6NO4/c1-5-34(6-2,27-15-14-26(24(3)22-27)18-19-35(47,36(38,39)40)37(41,42)43)28-16-17-31(25(4)23-28)48-21-11-7-10-20-44-32(45)29-12-8-9-13-30(29)33(44)46/h8-9,12-19,22-23,47H,5-7,10-11,20-21H2,1-4H3/b19-18+. The molecule has 11 heteroatoms. The molecule has 0 unspecified atom stereocenters. The van der Waals surface area contributed by atoms with Crippen LogP contribution in [0.2, 0.25) is 0 Å². The molecular formula is C37H39F6NO4. The van der Waals surface area contributed by atoms with E-state index < -0.39 is 23.4 Å². The Bertz CT molecular complexity index is 1620. The Balaban J connectivity index is 1.40. The first-order valence-corrected chi connectivity index (χ1v) is 15.9. The quantitative estimate of drug-likeness (QED) is 0.112. The van der Waals surface area contributed by atoms with Gasteiger partial charge in [0.15, 0.2) is 0 Å². The van der Waals surface area contributed by atoms with Gasteiger partial charge in [-0.3, -0.25) is 14.5 Å². The summed E-state index contributed by atoms with van der Waals surface area (Å²) in [5.74, 6) is 0.180. The number of rotatable bonds is 13. The Morgan fingerprint density at radius 1 is 0.750 bits per heavy atom. The Morgan fingerprint density at radius 3 is 1.79 bits per heavy atom. The Kier molecular flexibility index (Phi) is 10.8. The molecule has 0 aromatic heterocycles. The molecule has 0 bridgehead atoms. The van der Waals surface area contributed by atoms with E-state index in [0.29, 0.717) is 60.9 Å². The van der Waals surface area contributed by atoms with Crippen molar-refractivity contribution < 1.29 is 45.8 Å². The van der Waals surface area contributed by atoms with Gasteiger partial charge in [0.1, 0.15) is 5.75 Å². The first-order chi connectivity index (χ1) is 22.5. The molecule has 0 saturated carbocycles. The van der Waals surface area contributed by atoms with Gasteiger partial charge in [-0.25, -0.2) is 0 Å². The second-order valence-electron chi connectivity index (χ2n) is 12.2. The van der Waals surface area contributed by atoms with Crippen LogP contribution in [-0.4, -0.2) is 52.9 Å². The van der Waals surface area contributed by atoms with Crippen LogP contribution in [0.25, 0.3) is 6.08 Å². The van der Waals surface area contributed by atoms with E-state index in [-0.39, 0.29) is 23.5 Å². The predicted molar refractivity (Wildman–Crippen MR) is 171 cm³/mol. The van der Waals surface area contributed by atoms with Crippen LogP contribution in [0.15, 0.2) is 66.7 Å². The van der Waals surface area contributed by atoms with Crippen molar-refractivity contribution in [3.8, 4) is 5.75 Å². The van der Waals surface area contributed by atoms with Crippen LogP contribution < -0.4 is 4.74 Å². The fraction of sp³-hybridized carbons (Fsp3) is 0.405. The zero-order valence-corrected chi connectivity index (χ0v) is 27.3. The Hall–Kier alpha value is -4.12. The maximum atomic E-state index is 13.1. The third-order valence-corrected chi connectivity index (χ3v) is 9.29. The van der Waals surface area contributed by atoms with Gasteiger partial charge in [-0.1, -0.05) is 62.4 Å². The first kappa shape index (κ1) is 36.7. The number of halogens is 6. The number of hydrogen-bond donors (Lipinski definition) is 1. The highest BCUT2D eigenvalue weighted by Crippen LogP contribution is 2.45. The molecular weight excluding hydrogens is 636 g/mol. The molecule has 1 N–H and O–H groups in total. The van der Waals surface area contributed by atoms with Gasteiger partial charge in [-0.15, -0.1) is 0 Å². The minimum Gasteiger partial charge on any atom is -0.493 e. The number of carbonyl (C=O) groups excluding carboxylic acids is 2. The summed E-state index contributed by atoms with van der Waals surface area (Å²) in [6.07, 6.45) is -7.99. The van der Waals surface area contributed by atoms with Gasteiger partial charge in [-0.05, 0) is 98.0 Å². The highest BCUT2D eigenvalue weighted by molar-refractivity contribution is 6.21. The van der Waals surface area contributed by atoms with E-state index >= 15 is 0 Å². The second kappa shape index (κ2) is 14.2. The number of unbranched alkanes of at least 4 members (excludes halogenated alkanes) is 2. The lowest BCUT2D eigenvalue weighted by Crippen LogP contribution is -2.55. The van der Waals surface area contributed by atoms with Gasteiger partial charge in [0.05, 0.1) is 17.7 Å². The maximum Gasteiger partial charge on any atom is 0.430 e. The van der Waals surface area contributed by atoms with Crippen molar-refractivity contribution in [2.45, 2.75) is 83.2 Å². The number of alkyl halides is 6. The lowest BCUT2D eigenvalue weighted by Gasteiger charge is -2.34. The summed E-state index contributed by atoms with van der Waals surface area (Å²) in [5, 5.41) is 9.50. The molecule has 0 radical (unpaired) electrons. The van der Waals surface area contributed by atoms with Gasteiger partial charge < -0.3 is 9.84 Å². The van der Waals surface area contributed by atoms with Crippen molar-refractivity contribution >= 4 is 17.9 Å². The van der Waals surface area contributed by atoms with E-state index in [9.17, 15) is 41.0 Å². The number of aliphatic hydroxyl groups is 1. The van der Waals surface area contributed by atoms with Gasteiger partial charge in [0.2, 0.25) is 0 Å². The number of fused-ring (bicyclic) bond motifs is 1. The molecule has 0 atom stereocenters. The number of nitrogens with zero attached hydrogens (tertiary/aromatic N) is 1. The smallest absolute Gasteiger partial charge is 0.430 e. The molecule has 2 amide bonds. The third kappa shape index (κ3) is 7.02. The number of ether oxygens (including phenoxy) is 1. The lowest BCUT2D eigenvalue weighted by atomic mass is 9.70. The van der Waals surface area contributed by atoms with E-state index in [2.05, 4.69) is 0 Å². The molecule has 48 heavy (non-hydrogen) atoms. The highest BCUT2D eigenvalue weighted by atomic mass is 19.4. The van der Waals surface area contributed by atoms with Crippen LogP contribution in [0.5, 0.6) is 5.75 Å². The largest absolute Gasteiger partial charge is 0.493 e. The minimum absolute atomic E-state index is 0.121. The molecule has 0 saturated heterocycles. The number of hydrogen-bond acceptors (Lipinski definition) is 4. The van der Waals surface area contributed by atoms with E-state index in [1.54, 1.807) is 43.3 Å². The maximum absolute atomic E-state index is 13.1. The van der Waals surface area contributed by atoms with E-state index in [0.717, 1.165) is 29.5 Å². The van der Waals surface area contributed by atoms with Crippen LogP contribution in [0.3, 0.4) is 0 Å². The van der Waals surface area contributed by atoms with Crippen molar-refractivity contribution in [2.75, 3.05) is 13.2 Å². The molecule has 0 aliphatic carbocycles. The fourth-order valence-corrected chi connectivity index (χ4v) is 6.24. The normalized spacial score (nSPS) is 14.3. The molecule has 3 aromatic carbocycles. The van der Waals surface area contributed by atoms with Crippen LogP contribution in [0, 0.1) is 13.8 Å². The van der Waals surface area contributed by atoms with E-state index in [1.807, 2.05) is 39.0 Å². The van der Waals surface area contributed by atoms with Gasteiger partial charge in [0, 0.05) is 12.0 Å². The number of carbonyl (C=O) groups is 2. The van der Waals surface area contributed by atoms with Crippen molar-refractivity contribution in [1.29, 1.82) is 0 Å². The van der Waals surface area contributed by atoms with Crippen LogP contribution >= 0.6 is 0 Å². The monoisotopic (exact) mass is 675 g/mol. The molecule has 0 spiro atoms. The predicted octanol–water partition coefficient (Wildman–Crippen LogP) is 9.12. The van der Waals surface area contributed by atoms with E-state index in [4.69, 9.17) is 4.74 Å². The summed E-state index contributed by atoms with van der Waals surface area (Å²) >= 11 is 0. The van der Waals surface area contributed by atoms with E-state index in [1.165, 1.54) is 11.0 Å².